The van der Waals surface area contributed by atoms with Crippen LogP contribution in [-0.2, 0) is 13.0 Å². The lowest BCUT2D eigenvalue weighted by molar-refractivity contribution is 0.389. The molecular formula is C15H18N2O. The van der Waals surface area contributed by atoms with Gasteiger partial charge in [-0.05, 0) is 31.4 Å². The summed E-state index contributed by atoms with van der Waals surface area (Å²) in [5.41, 5.74) is 2.68. The van der Waals surface area contributed by atoms with Crippen molar-refractivity contribution in [2.45, 2.75) is 32.2 Å². The Labute approximate surface area is 107 Å². The first-order valence-corrected chi connectivity index (χ1v) is 6.43. The third-order valence-corrected chi connectivity index (χ3v) is 3.87. The monoisotopic (exact) mass is 242 g/mol. The van der Waals surface area contributed by atoms with Gasteiger partial charge in [-0.3, -0.25) is 0 Å². The maximum absolute atomic E-state index is 5.47. The standard InChI is InChI=1S/C15H18N2O/c1-11-16-9-13-8-7-12(10-17(11)13)14-5-3-4-6-15(14)18-2/h3-6,9,12H,7-8,10H2,1-2H3. The number of aromatic nitrogens is 2. The molecule has 3 rings (SSSR count). The summed E-state index contributed by atoms with van der Waals surface area (Å²) in [6, 6.07) is 8.35. The van der Waals surface area contributed by atoms with Crippen molar-refractivity contribution in [2.75, 3.05) is 7.11 Å². The molecule has 3 nitrogen and oxygen atoms in total. The number of hydrogen-bond acceptors (Lipinski definition) is 2. The van der Waals surface area contributed by atoms with E-state index in [1.54, 1.807) is 7.11 Å². The van der Waals surface area contributed by atoms with E-state index in [4.69, 9.17) is 4.74 Å². The van der Waals surface area contributed by atoms with E-state index in [1.807, 2.05) is 18.3 Å². The predicted octanol–water partition coefficient (Wildman–Crippen LogP) is 2.93. The minimum absolute atomic E-state index is 0.529. The van der Waals surface area contributed by atoms with E-state index in [-0.39, 0.29) is 0 Å². The molecule has 0 saturated carbocycles. The van der Waals surface area contributed by atoms with Crippen LogP contribution in [0, 0.1) is 6.92 Å². The summed E-state index contributed by atoms with van der Waals surface area (Å²) in [5.74, 6) is 2.65. The molecule has 18 heavy (non-hydrogen) atoms. The molecule has 3 heteroatoms. The first-order chi connectivity index (χ1) is 8.79. The molecule has 0 radical (unpaired) electrons. The Morgan fingerprint density at radius 3 is 3.00 bits per heavy atom. The number of nitrogens with zero attached hydrogens (tertiary/aromatic N) is 2. The van der Waals surface area contributed by atoms with Crippen LogP contribution in [0.15, 0.2) is 30.5 Å². The van der Waals surface area contributed by atoms with Crippen molar-refractivity contribution in [3.8, 4) is 5.75 Å². The molecule has 0 aliphatic carbocycles. The van der Waals surface area contributed by atoms with Crippen molar-refractivity contribution in [2.24, 2.45) is 0 Å². The average Bonchev–Trinajstić information content (AvgIpc) is 2.80. The lowest BCUT2D eigenvalue weighted by atomic mass is 9.90. The topological polar surface area (TPSA) is 27.1 Å². The summed E-state index contributed by atoms with van der Waals surface area (Å²) >= 11 is 0. The smallest absolute Gasteiger partial charge is 0.122 e. The van der Waals surface area contributed by atoms with Crippen LogP contribution < -0.4 is 4.74 Å². The number of rotatable bonds is 2. The Kier molecular flexibility index (Phi) is 2.82. The number of benzene rings is 1. The van der Waals surface area contributed by atoms with Gasteiger partial charge in [0.15, 0.2) is 0 Å². The molecule has 1 atom stereocenters. The van der Waals surface area contributed by atoms with Crippen molar-refractivity contribution in [1.29, 1.82) is 0 Å². The SMILES string of the molecule is COc1ccccc1C1CCc2cnc(C)n2C1. The number of fused-ring (bicyclic) bond motifs is 1. The second kappa shape index (κ2) is 4.48. The van der Waals surface area contributed by atoms with Gasteiger partial charge < -0.3 is 9.30 Å². The first-order valence-electron chi connectivity index (χ1n) is 6.43. The van der Waals surface area contributed by atoms with E-state index in [0.29, 0.717) is 5.92 Å². The van der Waals surface area contributed by atoms with Gasteiger partial charge in [-0.25, -0.2) is 4.98 Å². The maximum Gasteiger partial charge on any atom is 0.122 e. The van der Waals surface area contributed by atoms with E-state index >= 15 is 0 Å². The van der Waals surface area contributed by atoms with Gasteiger partial charge in [0.2, 0.25) is 0 Å². The molecule has 0 spiro atoms. The van der Waals surface area contributed by atoms with Crippen LogP contribution in [0.25, 0.3) is 0 Å². The molecule has 2 heterocycles. The lowest BCUT2D eigenvalue weighted by Crippen LogP contribution is -2.19. The fraction of sp³-hybridized carbons (Fsp3) is 0.400. The number of aryl methyl sites for hydroxylation is 2. The van der Waals surface area contributed by atoms with Crippen molar-refractivity contribution in [1.82, 2.24) is 9.55 Å². The van der Waals surface area contributed by atoms with Crippen LogP contribution >= 0.6 is 0 Å². The molecule has 0 saturated heterocycles. The van der Waals surface area contributed by atoms with Crippen LogP contribution in [0.5, 0.6) is 5.75 Å². The molecule has 0 fully saturated rings. The minimum Gasteiger partial charge on any atom is -0.496 e. The zero-order chi connectivity index (χ0) is 12.5. The van der Waals surface area contributed by atoms with Crippen LogP contribution in [0.3, 0.4) is 0 Å². The summed E-state index contributed by atoms with van der Waals surface area (Å²) < 4.78 is 7.81. The molecule has 1 aromatic heterocycles. The Hall–Kier alpha value is -1.77. The number of imidazole rings is 1. The molecular weight excluding hydrogens is 224 g/mol. The van der Waals surface area contributed by atoms with Crippen LogP contribution in [-0.4, -0.2) is 16.7 Å². The van der Waals surface area contributed by atoms with Gasteiger partial charge in [-0.1, -0.05) is 18.2 Å². The van der Waals surface area contributed by atoms with Gasteiger partial charge in [-0.2, -0.15) is 0 Å². The summed E-state index contributed by atoms with van der Waals surface area (Å²) in [5, 5.41) is 0. The Bertz CT molecular complexity index is 559. The summed E-state index contributed by atoms with van der Waals surface area (Å²) in [4.78, 5) is 4.40. The average molecular weight is 242 g/mol. The number of methoxy groups -OCH3 is 1. The van der Waals surface area contributed by atoms with E-state index in [0.717, 1.165) is 24.5 Å². The van der Waals surface area contributed by atoms with Gasteiger partial charge >= 0.3 is 0 Å². The lowest BCUT2D eigenvalue weighted by Gasteiger charge is -2.26. The summed E-state index contributed by atoms with van der Waals surface area (Å²) in [7, 11) is 1.75. The second-order valence-electron chi connectivity index (χ2n) is 4.88. The molecule has 2 aromatic rings. The van der Waals surface area contributed by atoms with E-state index in [1.165, 1.54) is 17.7 Å². The highest BCUT2D eigenvalue weighted by atomic mass is 16.5. The van der Waals surface area contributed by atoms with Crippen molar-refractivity contribution < 1.29 is 4.74 Å². The molecule has 0 amide bonds. The highest BCUT2D eigenvalue weighted by molar-refractivity contribution is 5.36. The largest absolute Gasteiger partial charge is 0.496 e. The first kappa shape index (κ1) is 11.3. The van der Waals surface area contributed by atoms with Crippen LogP contribution in [0.1, 0.15) is 29.4 Å². The Morgan fingerprint density at radius 2 is 2.17 bits per heavy atom. The molecule has 94 valence electrons. The van der Waals surface area contributed by atoms with Crippen molar-refractivity contribution in [3.05, 3.63) is 47.5 Å². The third-order valence-electron chi connectivity index (χ3n) is 3.87. The highest BCUT2D eigenvalue weighted by Gasteiger charge is 2.23. The van der Waals surface area contributed by atoms with E-state index in [9.17, 15) is 0 Å². The maximum atomic E-state index is 5.47. The van der Waals surface area contributed by atoms with Crippen LogP contribution in [0.4, 0.5) is 0 Å². The zero-order valence-electron chi connectivity index (χ0n) is 10.9. The zero-order valence-corrected chi connectivity index (χ0v) is 10.9. The van der Waals surface area contributed by atoms with Gasteiger partial charge in [0.25, 0.3) is 0 Å². The van der Waals surface area contributed by atoms with Crippen LogP contribution in [0.2, 0.25) is 0 Å². The van der Waals surface area contributed by atoms with E-state index in [2.05, 4.69) is 28.6 Å². The highest BCUT2D eigenvalue weighted by Crippen LogP contribution is 2.34. The summed E-state index contributed by atoms with van der Waals surface area (Å²) in [6.45, 7) is 3.09. The quantitative estimate of drug-likeness (QED) is 0.809. The Morgan fingerprint density at radius 1 is 1.33 bits per heavy atom. The number of hydrogen-bond donors (Lipinski definition) is 0. The fourth-order valence-corrected chi connectivity index (χ4v) is 2.86. The van der Waals surface area contributed by atoms with Gasteiger partial charge in [0.1, 0.15) is 11.6 Å². The van der Waals surface area contributed by atoms with E-state index < -0.39 is 0 Å². The Balaban J connectivity index is 1.94. The van der Waals surface area contributed by atoms with Crippen molar-refractivity contribution >= 4 is 0 Å². The molecule has 0 N–H and O–H groups in total. The number of ether oxygens (including phenoxy) is 1. The minimum atomic E-state index is 0.529. The van der Waals surface area contributed by atoms with Crippen molar-refractivity contribution in [3.63, 3.8) is 0 Å². The molecule has 1 aliphatic heterocycles. The van der Waals surface area contributed by atoms with Gasteiger partial charge in [-0.15, -0.1) is 0 Å². The van der Waals surface area contributed by atoms with Gasteiger partial charge in [0, 0.05) is 24.4 Å². The molecule has 1 unspecified atom stereocenters. The molecule has 0 bridgehead atoms. The van der Waals surface area contributed by atoms with Gasteiger partial charge in [0.05, 0.1) is 7.11 Å². The molecule has 1 aromatic carbocycles. The third kappa shape index (κ3) is 1.80. The molecule has 1 aliphatic rings. The number of para-hydroxylation sites is 1. The normalized spacial score (nSPS) is 18.4. The predicted molar refractivity (Wildman–Crippen MR) is 71.0 cm³/mol. The second-order valence-corrected chi connectivity index (χ2v) is 4.88. The fourth-order valence-electron chi connectivity index (χ4n) is 2.86. The summed E-state index contributed by atoms with van der Waals surface area (Å²) in [6.07, 6.45) is 4.28.